The predicted octanol–water partition coefficient (Wildman–Crippen LogP) is 2.11. The Morgan fingerprint density at radius 2 is 1.89 bits per heavy atom. The average Bonchev–Trinajstić information content (AvgIpc) is 2.38. The van der Waals surface area contributed by atoms with Gasteiger partial charge in [-0.2, -0.15) is 0 Å². The molecular formula is C14H27NO3. The molecule has 2 N–H and O–H groups in total. The highest BCUT2D eigenvalue weighted by Gasteiger charge is 2.38. The lowest BCUT2D eigenvalue weighted by molar-refractivity contribution is -0.169. The molecule has 4 nitrogen and oxygen atoms in total. The molecule has 0 heterocycles. The second-order valence-electron chi connectivity index (χ2n) is 5.75. The molecule has 0 amide bonds. The van der Waals surface area contributed by atoms with Gasteiger partial charge in [0.05, 0.1) is 12.7 Å². The van der Waals surface area contributed by atoms with Crippen LogP contribution in [0.15, 0.2) is 0 Å². The predicted molar refractivity (Wildman–Crippen MR) is 71.1 cm³/mol. The van der Waals surface area contributed by atoms with E-state index in [0.717, 1.165) is 31.6 Å². The number of hydrogen-bond donors (Lipinski definition) is 1. The molecule has 1 fully saturated rings. The molecule has 18 heavy (non-hydrogen) atoms. The third kappa shape index (κ3) is 3.69. The molecule has 1 aliphatic carbocycles. The number of methoxy groups -OCH3 is 1. The first-order chi connectivity index (χ1) is 8.44. The molecule has 106 valence electrons. The van der Waals surface area contributed by atoms with Crippen molar-refractivity contribution in [2.45, 2.75) is 58.2 Å². The fraction of sp³-hybridized carbons (Fsp3) is 0.929. The van der Waals surface area contributed by atoms with Crippen LogP contribution in [0.3, 0.4) is 0 Å². The van der Waals surface area contributed by atoms with Gasteiger partial charge in [0.15, 0.2) is 6.10 Å². The normalized spacial score (nSPS) is 30.2. The molecule has 0 aromatic heterocycles. The quantitative estimate of drug-likeness (QED) is 0.766. The molecule has 0 bridgehead atoms. The average molecular weight is 257 g/mol. The highest BCUT2D eigenvalue weighted by atomic mass is 16.6. The smallest absolute Gasteiger partial charge is 0.334 e. The zero-order valence-electron chi connectivity index (χ0n) is 12.1. The van der Waals surface area contributed by atoms with Crippen molar-refractivity contribution in [2.75, 3.05) is 13.7 Å². The van der Waals surface area contributed by atoms with Gasteiger partial charge in [-0.05, 0) is 44.4 Å². The number of ether oxygens (including phenoxy) is 2. The van der Waals surface area contributed by atoms with Crippen molar-refractivity contribution in [1.82, 2.24) is 0 Å². The van der Waals surface area contributed by atoms with Gasteiger partial charge in [-0.3, -0.25) is 0 Å². The maximum Gasteiger partial charge on any atom is 0.334 e. The zero-order chi connectivity index (χ0) is 13.8. The molecule has 1 unspecified atom stereocenters. The number of carbonyl (C=O) groups is 1. The van der Waals surface area contributed by atoms with Crippen LogP contribution in [0.2, 0.25) is 0 Å². The van der Waals surface area contributed by atoms with E-state index < -0.39 is 6.10 Å². The minimum atomic E-state index is -0.533. The summed E-state index contributed by atoms with van der Waals surface area (Å²) >= 11 is 0. The molecule has 0 aromatic carbocycles. The van der Waals surface area contributed by atoms with Gasteiger partial charge in [-0.25, -0.2) is 4.79 Å². The summed E-state index contributed by atoms with van der Waals surface area (Å²) in [5.41, 5.74) is 5.54. The number of esters is 1. The fourth-order valence-electron chi connectivity index (χ4n) is 2.79. The first kappa shape index (κ1) is 15.4. The van der Waals surface area contributed by atoms with E-state index in [-0.39, 0.29) is 11.6 Å². The molecule has 4 heteroatoms. The molecular weight excluding hydrogens is 230 g/mol. The Kier molecular flexibility index (Phi) is 5.60. The Morgan fingerprint density at radius 1 is 1.33 bits per heavy atom. The summed E-state index contributed by atoms with van der Waals surface area (Å²) in [5, 5.41) is 0. The van der Waals surface area contributed by atoms with Crippen LogP contribution in [0.4, 0.5) is 0 Å². The van der Waals surface area contributed by atoms with Crippen LogP contribution in [0.1, 0.15) is 46.5 Å². The molecule has 1 aliphatic rings. The van der Waals surface area contributed by atoms with E-state index in [1.807, 2.05) is 0 Å². The first-order valence-corrected chi connectivity index (χ1v) is 6.90. The van der Waals surface area contributed by atoms with Gasteiger partial charge in [0.25, 0.3) is 0 Å². The molecule has 0 aromatic rings. The van der Waals surface area contributed by atoms with Crippen LogP contribution in [0.25, 0.3) is 0 Å². The Bertz CT molecular complexity index is 270. The highest BCUT2D eigenvalue weighted by molar-refractivity contribution is 5.74. The Labute approximate surface area is 110 Å². The number of carbonyl (C=O) groups excluding carboxylic acids is 1. The topological polar surface area (TPSA) is 61.5 Å². The third-order valence-corrected chi connectivity index (χ3v) is 4.22. The van der Waals surface area contributed by atoms with E-state index >= 15 is 0 Å². The van der Waals surface area contributed by atoms with Gasteiger partial charge in [-0.1, -0.05) is 13.8 Å². The minimum absolute atomic E-state index is 0.325. The number of rotatable bonds is 5. The van der Waals surface area contributed by atoms with Crippen LogP contribution < -0.4 is 5.73 Å². The fourth-order valence-corrected chi connectivity index (χ4v) is 2.79. The maximum atomic E-state index is 11.4. The highest BCUT2D eigenvalue weighted by Crippen LogP contribution is 2.38. The lowest BCUT2D eigenvalue weighted by Gasteiger charge is -2.41. The molecule has 1 saturated carbocycles. The third-order valence-electron chi connectivity index (χ3n) is 4.22. The summed E-state index contributed by atoms with van der Waals surface area (Å²) in [6, 6.07) is 0. The second kappa shape index (κ2) is 6.53. The van der Waals surface area contributed by atoms with E-state index in [1.165, 1.54) is 7.11 Å². The Balaban J connectivity index is 2.58. The molecule has 1 atom stereocenters. The SMILES string of the molecule is COC(=O)C(C)OC1(CN)CCC(C(C)C)CC1. The molecule has 1 rings (SSSR count). The van der Waals surface area contributed by atoms with Gasteiger partial charge < -0.3 is 15.2 Å². The van der Waals surface area contributed by atoms with Crippen LogP contribution in [-0.4, -0.2) is 31.3 Å². The second-order valence-corrected chi connectivity index (χ2v) is 5.75. The van der Waals surface area contributed by atoms with Crippen molar-refractivity contribution < 1.29 is 14.3 Å². The lowest BCUT2D eigenvalue weighted by atomic mass is 9.74. The van der Waals surface area contributed by atoms with E-state index in [9.17, 15) is 4.79 Å². The molecule has 0 radical (unpaired) electrons. The standard InChI is InChI=1S/C14H27NO3/c1-10(2)12-5-7-14(9-15,8-6-12)18-11(3)13(16)17-4/h10-12H,5-9,15H2,1-4H3. The van der Waals surface area contributed by atoms with Gasteiger partial charge in [-0.15, -0.1) is 0 Å². The van der Waals surface area contributed by atoms with Crippen molar-refractivity contribution in [2.24, 2.45) is 17.6 Å². The number of nitrogens with two attached hydrogens (primary N) is 1. The van der Waals surface area contributed by atoms with Crippen LogP contribution in [0, 0.1) is 11.8 Å². The molecule has 0 aliphatic heterocycles. The van der Waals surface area contributed by atoms with E-state index in [1.54, 1.807) is 6.92 Å². The lowest BCUT2D eigenvalue weighted by Crippen LogP contribution is -2.48. The van der Waals surface area contributed by atoms with Crippen molar-refractivity contribution in [3.05, 3.63) is 0 Å². The maximum absolute atomic E-state index is 11.4. The summed E-state index contributed by atoms with van der Waals surface area (Å²) in [6.45, 7) is 6.73. The van der Waals surface area contributed by atoms with E-state index in [0.29, 0.717) is 12.5 Å². The minimum Gasteiger partial charge on any atom is -0.467 e. The van der Waals surface area contributed by atoms with E-state index in [4.69, 9.17) is 15.2 Å². The molecule has 0 saturated heterocycles. The summed E-state index contributed by atoms with van der Waals surface area (Å²) in [7, 11) is 1.38. The van der Waals surface area contributed by atoms with Crippen LogP contribution in [-0.2, 0) is 14.3 Å². The molecule has 0 spiro atoms. The van der Waals surface area contributed by atoms with Crippen molar-refractivity contribution in [3.8, 4) is 0 Å². The van der Waals surface area contributed by atoms with Crippen molar-refractivity contribution in [3.63, 3.8) is 0 Å². The van der Waals surface area contributed by atoms with E-state index in [2.05, 4.69) is 13.8 Å². The Morgan fingerprint density at radius 3 is 2.28 bits per heavy atom. The monoisotopic (exact) mass is 257 g/mol. The zero-order valence-corrected chi connectivity index (χ0v) is 12.1. The van der Waals surface area contributed by atoms with Gasteiger partial charge >= 0.3 is 5.97 Å². The summed E-state index contributed by atoms with van der Waals surface area (Å²) in [5.74, 6) is 1.13. The summed E-state index contributed by atoms with van der Waals surface area (Å²) in [6.07, 6.45) is 3.60. The van der Waals surface area contributed by atoms with Crippen LogP contribution >= 0.6 is 0 Å². The largest absolute Gasteiger partial charge is 0.467 e. The van der Waals surface area contributed by atoms with Crippen molar-refractivity contribution in [1.29, 1.82) is 0 Å². The first-order valence-electron chi connectivity index (χ1n) is 6.90. The van der Waals surface area contributed by atoms with Gasteiger partial charge in [0, 0.05) is 6.54 Å². The van der Waals surface area contributed by atoms with Gasteiger partial charge in [0.2, 0.25) is 0 Å². The van der Waals surface area contributed by atoms with Gasteiger partial charge in [0.1, 0.15) is 0 Å². The summed E-state index contributed by atoms with van der Waals surface area (Å²) in [4.78, 5) is 11.4. The van der Waals surface area contributed by atoms with Crippen LogP contribution in [0.5, 0.6) is 0 Å². The summed E-state index contributed by atoms with van der Waals surface area (Å²) < 4.78 is 10.6. The van der Waals surface area contributed by atoms with Crippen molar-refractivity contribution >= 4 is 5.97 Å². The number of hydrogen-bond acceptors (Lipinski definition) is 4. The Hall–Kier alpha value is -0.610.